The Hall–Kier alpha value is -0.0800. The average Bonchev–Trinajstić information content (AvgIpc) is 2.38. The van der Waals surface area contributed by atoms with Gasteiger partial charge in [0.2, 0.25) is 0 Å². The van der Waals surface area contributed by atoms with Gasteiger partial charge in [-0.3, -0.25) is 0 Å². The van der Waals surface area contributed by atoms with Crippen LogP contribution in [-0.2, 0) is 0 Å². The molecule has 0 bridgehead atoms. The van der Waals surface area contributed by atoms with Crippen molar-refractivity contribution in [3.63, 3.8) is 0 Å². The maximum Gasteiger partial charge on any atom is 0.0663 e. The van der Waals surface area contributed by atoms with Gasteiger partial charge >= 0.3 is 0 Å². The van der Waals surface area contributed by atoms with Crippen LogP contribution in [0.5, 0.6) is 0 Å². The van der Waals surface area contributed by atoms with Crippen LogP contribution in [0.15, 0.2) is 0 Å². The molecule has 90 valence electrons. The summed E-state index contributed by atoms with van der Waals surface area (Å²) in [5, 5.41) is 10.6. The minimum absolute atomic E-state index is 0.374. The third-order valence-electron chi connectivity index (χ3n) is 3.96. The second kappa shape index (κ2) is 5.86. The molecule has 15 heavy (non-hydrogen) atoms. The van der Waals surface area contributed by atoms with E-state index in [4.69, 9.17) is 0 Å². The summed E-state index contributed by atoms with van der Waals surface area (Å²) in [7, 11) is 2.16. The van der Waals surface area contributed by atoms with E-state index in [0.717, 1.165) is 38.8 Å². The maximum absolute atomic E-state index is 10.6. The predicted octanol–water partition coefficient (Wildman–Crippen LogP) is 2.66. The molecule has 1 rings (SSSR count). The number of aliphatic hydroxyl groups is 1. The summed E-state index contributed by atoms with van der Waals surface area (Å²) in [6.45, 7) is 6.67. The second-order valence-electron chi connectivity index (χ2n) is 5.27. The maximum atomic E-state index is 10.6. The van der Waals surface area contributed by atoms with Crippen LogP contribution < -0.4 is 0 Å². The summed E-state index contributed by atoms with van der Waals surface area (Å²) >= 11 is 0. The second-order valence-corrected chi connectivity index (χ2v) is 5.27. The molecule has 0 aromatic carbocycles. The molecule has 1 N–H and O–H groups in total. The zero-order valence-electron chi connectivity index (χ0n) is 10.6. The summed E-state index contributed by atoms with van der Waals surface area (Å²) in [6, 6.07) is 0. The summed E-state index contributed by atoms with van der Waals surface area (Å²) in [6.07, 6.45) is 6.51. The van der Waals surface area contributed by atoms with Crippen molar-refractivity contribution in [2.75, 3.05) is 20.1 Å². The SMILES string of the molecule is CCC(CC)CC1(O)CCCN(C)CC1. The molecule has 1 unspecified atom stereocenters. The van der Waals surface area contributed by atoms with Gasteiger partial charge in [0.1, 0.15) is 0 Å². The lowest BCUT2D eigenvalue weighted by Gasteiger charge is -2.30. The Morgan fingerprint density at radius 1 is 1.20 bits per heavy atom. The lowest BCUT2D eigenvalue weighted by Crippen LogP contribution is -2.32. The minimum Gasteiger partial charge on any atom is -0.390 e. The molecular formula is C13H27NO. The zero-order valence-corrected chi connectivity index (χ0v) is 10.6. The molecule has 1 fully saturated rings. The fourth-order valence-corrected chi connectivity index (χ4v) is 2.63. The smallest absolute Gasteiger partial charge is 0.0663 e. The van der Waals surface area contributed by atoms with E-state index in [0.29, 0.717) is 5.92 Å². The first-order valence-corrected chi connectivity index (χ1v) is 6.50. The van der Waals surface area contributed by atoms with Crippen molar-refractivity contribution < 1.29 is 5.11 Å². The van der Waals surface area contributed by atoms with Crippen LogP contribution in [0.4, 0.5) is 0 Å². The molecule has 1 heterocycles. The normalized spacial score (nSPS) is 29.4. The fraction of sp³-hybridized carbons (Fsp3) is 1.00. The van der Waals surface area contributed by atoms with E-state index in [2.05, 4.69) is 25.8 Å². The number of nitrogens with zero attached hydrogens (tertiary/aromatic N) is 1. The highest BCUT2D eigenvalue weighted by molar-refractivity contribution is 4.84. The van der Waals surface area contributed by atoms with Crippen molar-refractivity contribution in [2.24, 2.45) is 5.92 Å². The highest BCUT2D eigenvalue weighted by Gasteiger charge is 2.31. The molecule has 0 aliphatic carbocycles. The van der Waals surface area contributed by atoms with Crippen molar-refractivity contribution in [1.29, 1.82) is 0 Å². The van der Waals surface area contributed by atoms with E-state index in [1.165, 1.54) is 12.8 Å². The molecule has 2 heteroatoms. The number of hydrogen-bond acceptors (Lipinski definition) is 2. The molecule has 0 radical (unpaired) electrons. The molecule has 0 amide bonds. The van der Waals surface area contributed by atoms with Crippen molar-refractivity contribution in [2.45, 2.75) is 58.0 Å². The van der Waals surface area contributed by atoms with Crippen molar-refractivity contribution in [3.05, 3.63) is 0 Å². The van der Waals surface area contributed by atoms with Crippen LogP contribution >= 0.6 is 0 Å². The molecule has 1 aliphatic rings. The van der Waals surface area contributed by atoms with Crippen LogP contribution in [-0.4, -0.2) is 35.7 Å². The molecule has 1 aliphatic heterocycles. The van der Waals surface area contributed by atoms with Crippen molar-refractivity contribution in [1.82, 2.24) is 4.90 Å². The van der Waals surface area contributed by atoms with Gasteiger partial charge in [-0.15, -0.1) is 0 Å². The van der Waals surface area contributed by atoms with E-state index in [1.807, 2.05) is 0 Å². The summed E-state index contributed by atoms with van der Waals surface area (Å²) in [5.41, 5.74) is -0.374. The van der Waals surface area contributed by atoms with Gasteiger partial charge in [0.05, 0.1) is 5.60 Å². The highest BCUT2D eigenvalue weighted by atomic mass is 16.3. The van der Waals surface area contributed by atoms with Crippen molar-refractivity contribution in [3.8, 4) is 0 Å². The monoisotopic (exact) mass is 213 g/mol. The first-order valence-electron chi connectivity index (χ1n) is 6.50. The first kappa shape index (κ1) is 13.0. The highest BCUT2D eigenvalue weighted by Crippen LogP contribution is 2.31. The van der Waals surface area contributed by atoms with Crippen LogP contribution in [0.2, 0.25) is 0 Å². The predicted molar refractivity (Wildman–Crippen MR) is 65.0 cm³/mol. The van der Waals surface area contributed by atoms with Crippen LogP contribution in [0.25, 0.3) is 0 Å². The fourth-order valence-electron chi connectivity index (χ4n) is 2.63. The van der Waals surface area contributed by atoms with Crippen molar-refractivity contribution >= 4 is 0 Å². The number of rotatable bonds is 4. The van der Waals surface area contributed by atoms with Gasteiger partial charge in [0.25, 0.3) is 0 Å². The largest absolute Gasteiger partial charge is 0.390 e. The van der Waals surface area contributed by atoms with E-state index in [9.17, 15) is 5.11 Å². The lowest BCUT2D eigenvalue weighted by atomic mass is 9.83. The summed E-state index contributed by atoms with van der Waals surface area (Å²) in [4.78, 5) is 2.34. The third kappa shape index (κ3) is 4.12. The van der Waals surface area contributed by atoms with Gasteiger partial charge in [0.15, 0.2) is 0 Å². The first-order chi connectivity index (χ1) is 7.09. The van der Waals surface area contributed by atoms with Gasteiger partial charge in [-0.05, 0) is 45.2 Å². The topological polar surface area (TPSA) is 23.5 Å². The molecule has 0 aromatic heterocycles. The molecular weight excluding hydrogens is 186 g/mol. The molecule has 2 nitrogen and oxygen atoms in total. The Kier molecular flexibility index (Phi) is 5.07. The van der Waals surface area contributed by atoms with E-state index >= 15 is 0 Å². The van der Waals surface area contributed by atoms with E-state index in [1.54, 1.807) is 0 Å². The quantitative estimate of drug-likeness (QED) is 0.776. The lowest BCUT2D eigenvalue weighted by molar-refractivity contribution is 0.00114. The van der Waals surface area contributed by atoms with Gasteiger partial charge < -0.3 is 10.0 Å². The number of hydrogen-bond donors (Lipinski definition) is 1. The van der Waals surface area contributed by atoms with E-state index in [-0.39, 0.29) is 5.60 Å². The Labute approximate surface area is 94.7 Å². The molecule has 0 saturated carbocycles. The Morgan fingerprint density at radius 3 is 2.47 bits per heavy atom. The molecule has 0 aromatic rings. The minimum atomic E-state index is -0.374. The van der Waals surface area contributed by atoms with Gasteiger partial charge in [0, 0.05) is 6.54 Å². The van der Waals surface area contributed by atoms with Crippen LogP contribution in [0.1, 0.15) is 52.4 Å². The Balaban J connectivity index is 2.49. The number of likely N-dealkylation sites (tertiary alicyclic amines) is 1. The van der Waals surface area contributed by atoms with Gasteiger partial charge in [-0.1, -0.05) is 26.7 Å². The standard InChI is InChI=1S/C13H27NO/c1-4-12(5-2)11-13(15)7-6-9-14(3)10-8-13/h12,15H,4-11H2,1-3H3. The molecule has 1 atom stereocenters. The average molecular weight is 213 g/mol. The molecule has 1 saturated heterocycles. The zero-order chi connectivity index (χ0) is 11.3. The van der Waals surface area contributed by atoms with Gasteiger partial charge in [-0.2, -0.15) is 0 Å². The Morgan fingerprint density at radius 2 is 1.87 bits per heavy atom. The van der Waals surface area contributed by atoms with Crippen LogP contribution in [0, 0.1) is 5.92 Å². The summed E-state index contributed by atoms with van der Waals surface area (Å²) in [5.74, 6) is 0.707. The van der Waals surface area contributed by atoms with Gasteiger partial charge in [-0.25, -0.2) is 0 Å². The van der Waals surface area contributed by atoms with E-state index < -0.39 is 0 Å². The summed E-state index contributed by atoms with van der Waals surface area (Å²) < 4.78 is 0. The molecule has 0 spiro atoms. The Bertz CT molecular complexity index is 179. The third-order valence-corrected chi connectivity index (χ3v) is 3.96. The van der Waals surface area contributed by atoms with Crippen LogP contribution in [0.3, 0.4) is 0 Å².